The fraction of sp³-hybridized carbons (Fsp3) is 0.407. The second-order valence-electron chi connectivity index (χ2n) is 9.48. The molecule has 1 aromatic heterocycles. The van der Waals surface area contributed by atoms with Crippen LogP contribution >= 0.6 is 19.2 Å². The molecule has 220 valence electrons. The molecule has 2 amide bonds. The van der Waals surface area contributed by atoms with Crippen LogP contribution in [0.25, 0.3) is 10.9 Å². The molecule has 2 aromatic carbocycles. The Labute approximate surface area is 240 Å². The van der Waals surface area contributed by atoms with E-state index in [1.54, 1.807) is 19.9 Å². The highest BCUT2D eigenvalue weighted by Crippen LogP contribution is 2.47. The molecule has 10 nitrogen and oxygen atoms in total. The summed E-state index contributed by atoms with van der Waals surface area (Å²) in [6.45, 7) is 2.78. The normalized spacial score (nSPS) is 17.3. The van der Waals surface area contributed by atoms with E-state index in [0.29, 0.717) is 5.39 Å². The zero-order chi connectivity index (χ0) is 29.9. The van der Waals surface area contributed by atoms with E-state index < -0.39 is 49.8 Å². The zero-order valence-corrected chi connectivity index (χ0v) is 24.2. The van der Waals surface area contributed by atoms with Crippen molar-refractivity contribution in [3.05, 3.63) is 58.5 Å². The number of nitrogens with two attached hydrogens (primary N) is 1. The summed E-state index contributed by atoms with van der Waals surface area (Å²) >= 11 is 5.82. The number of carbonyl (C=O) groups excluding carboxylic acids is 3. The highest BCUT2D eigenvalue weighted by molar-refractivity contribution is 7.62. The molecular weight excluding hydrogens is 581 g/mol. The van der Waals surface area contributed by atoms with E-state index in [2.05, 4.69) is 5.10 Å². The number of ketones is 1. The Morgan fingerprint density at radius 2 is 1.88 bits per heavy atom. The van der Waals surface area contributed by atoms with Crippen LogP contribution in [0, 0.1) is 5.82 Å². The lowest BCUT2D eigenvalue weighted by atomic mass is 10.0. The van der Waals surface area contributed by atoms with Gasteiger partial charge in [-0.25, -0.2) is 8.78 Å². The van der Waals surface area contributed by atoms with Gasteiger partial charge in [-0.1, -0.05) is 23.7 Å². The number of hydrogen-bond donors (Lipinski definition) is 1. The standard InChI is InChI=1S/C27H30ClF2N4O6P/c1-3-39-41(38,40-4-2)18-9-10-19-21(13-18)34(32-26(19)27(31)37)15-24(36)33-14-17(29)12-22(33)23(35)11-8-16-6-5-7-20(28)25(16)30/h5-7,9-10,13,17,22H,3-4,8,11-12,14-15H2,1-2H3,(H2,31,37)/t17-,22+/m1/s1. The number of primary amides is 1. The number of aryl methyl sites for hydroxylation is 1. The first-order valence-corrected chi connectivity index (χ1v) is 15.0. The molecule has 2 atom stereocenters. The number of aromatic nitrogens is 2. The Hall–Kier alpha value is -3.18. The van der Waals surface area contributed by atoms with Gasteiger partial charge in [0.1, 0.15) is 18.5 Å². The Balaban J connectivity index is 1.60. The molecular formula is C27H30ClF2N4O6P. The number of hydrogen-bond acceptors (Lipinski definition) is 7. The van der Waals surface area contributed by atoms with Crippen molar-refractivity contribution in [2.45, 2.75) is 51.9 Å². The Bertz CT molecular complexity index is 1520. The van der Waals surface area contributed by atoms with Crippen LogP contribution in [-0.2, 0) is 36.2 Å². The molecule has 0 bridgehead atoms. The van der Waals surface area contributed by atoms with Crippen LogP contribution in [0.2, 0.25) is 5.02 Å². The van der Waals surface area contributed by atoms with E-state index in [9.17, 15) is 27.7 Å². The summed E-state index contributed by atoms with van der Waals surface area (Å²) in [7, 11) is -3.72. The summed E-state index contributed by atoms with van der Waals surface area (Å²) in [5, 5.41) is 4.60. The Morgan fingerprint density at radius 1 is 1.17 bits per heavy atom. The van der Waals surface area contributed by atoms with Crippen molar-refractivity contribution in [3.8, 4) is 0 Å². The number of alkyl halides is 1. The average Bonchev–Trinajstić information content (AvgIpc) is 3.50. The summed E-state index contributed by atoms with van der Waals surface area (Å²) in [5.41, 5.74) is 5.87. The largest absolute Gasteiger partial charge is 0.364 e. The lowest BCUT2D eigenvalue weighted by molar-refractivity contribution is -0.138. The van der Waals surface area contributed by atoms with Crippen LogP contribution in [0.3, 0.4) is 0 Å². The molecule has 1 saturated heterocycles. The molecule has 0 radical (unpaired) electrons. The summed E-state index contributed by atoms with van der Waals surface area (Å²) in [6, 6.07) is 7.81. The number of likely N-dealkylation sites (tertiary alicyclic amines) is 1. The summed E-state index contributed by atoms with van der Waals surface area (Å²) in [5.74, 6) is -2.52. The van der Waals surface area contributed by atoms with E-state index in [0.717, 1.165) is 4.90 Å². The van der Waals surface area contributed by atoms with Crippen LogP contribution < -0.4 is 11.0 Å². The maximum absolute atomic E-state index is 14.5. The van der Waals surface area contributed by atoms with Crippen LogP contribution in [0.4, 0.5) is 8.78 Å². The third-order valence-electron chi connectivity index (χ3n) is 6.78. The lowest BCUT2D eigenvalue weighted by Gasteiger charge is -2.23. The van der Waals surface area contributed by atoms with Gasteiger partial charge in [0.2, 0.25) is 5.91 Å². The van der Waals surface area contributed by atoms with Gasteiger partial charge >= 0.3 is 7.60 Å². The van der Waals surface area contributed by atoms with Gasteiger partial charge in [-0.15, -0.1) is 0 Å². The van der Waals surface area contributed by atoms with E-state index >= 15 is 0 Å². The minimum Gasteiger partial charge on any atom is -0.364 e. The predicted molar refractivity (Wildman–Crippen MR) is 148 cm³/mol. The Morgan fingerprint density at radius 3 is 2.54 bits per heavy atom. The SMILES string of the molecule is CCOP(=O)(OCC)c1ccc2c(C(N)=O)nn(CC(=O)N3C[C@H](F)C[C@H]3C(=O)CCc3cccc(Cl)c3F)c2c1. The molecule has 1 aliphatic rings. The number of fused-ring (bicyclic) bond motifs is 1. The minimum atomic E-state index is -3.72. The molecule has 0 saturated carbocycles. The Kier molecular flexibility index (Phi) is 9.59. The van der Waals surface area contributed by atoms with E-state index in [4.69, 9.17) is 26.4 Å². The van der Waals surface area contributed by atoms with Crippen molar-refractivity contribution >= 4 is 53.0 Å². The maximum Gasteiger partial charge on any atom is 0.361 e. The molecule has 0 spiro atoms. The van der Waals surface area contributed by atoms with Gasteiger partial charge < -0.3 is 19.7 Å². The molecule has 4 rings (SSSR count). The van der Waals surface area contributed by atoms with Crippen LogP contribution in [0.1, 0.15) is 42.7 Å². The number of nitrogens with zero attached hydrogens (tertiary/aromatic N) is 3. The summed E-state index contributed by atoms with van der Waals surface area (Å²) < 4.78 is 54.1. The predicted octanol–water partition coefficient (Wildman–Crippen LogP) is 3.96. The molecule has 0 aliphatic carbocycles. The number of amides is 2. The fourth-order valence-corrected chi connectivity index (χ4v) is 6.70. The number of Topliss-reactive ketones (excluding diaryl/α,β-unsaturated/α-hetero) is 1. The minimum absolute atomic E-state index is 0.0367. The highest BCUT2D eigenvalue weighted by Gasteiger charge is 2.39. The first-order chi connectivity index (χ1) is 19.5. The molecule has 14 heteroatoms. The molecule has 2 heterocycles. The second kappa shape index (κ2) is 12.8. The topological polar surface area (TPSA) is 134 Å². The van der Waals surface area contributed by atoms with Gasteiger partial charge in [0.15, 0.2) is 11.5 Å². The van der Waals surface area contributed by atoms with E-state index in [1.165, 1.54) is 35.0 Å². The van der Waals surface area contributed by atoms with Crippen molar-refractivity contribution in [1.29, 1.82) is 0 Å². The van der Waals surface area contributed by atoms with Crippen molar-refractivity contribution in [2.24, 2.45) is 5.73 Å². The maximum atomic E-state index is 14.5. The van der Waals surface area contributed by atoms with Gasteiger partial charge in [-0.2, -0.15) is 5.10 Å². The molecule has 41 heavy (non-hydrogen) atoms. The van der Waals surface area contributed by atoms with Crippen LogP contribution in [-0.4, -0.2) is 64.3 Å². The van der Waals surface area contributed by atoms with Crippen molar-refractivity contribution < 1.29 is 36.8 Å². The lowest BCUT2D eigenvalue weighted by Crippen LogP contribution is -2.42. The number of carbonyl (C=O) groups is 3. The molecule has 2 N–H and O–H groups in total. The van der Waals surface area contributed by atoms with Gasteiger partial charge in [0, 0.05) is 18.2 Å². The number of rotatable bonds is 12. The first kappa shape index (κ1) is 30.8. The zero-order valence-electron chi connectivity index (χ0n) is 22.5. The fourth-order valence-electron chi connectivity index (χ4n) is 4.91. The van der Waals surface area contributed by atoms with E-state index in [1.807, 2.05) is 0 Å². The van der Waals surface area contributed by atoms with Gasteiger partial charge in [-0.3, -0.25) is 23.6 Å². The number of halogens is 3. The molecule has 0 unspecified atom stereocenters. The van der Waals surface area contributed by atoms with Crippen LogP contribution in [0.5, 0.6) is 0 Å². The highest BCUT2D eigenvalue weighted by atomic mass is 35.5. The van der Waals surface area contributed by atoms with Crippen molar-refractivity contribution in [3.63, 3.8) is 0 Å². The van der Waals surface area contributed by atoms with Gasteiger partial charge in [0.05, 0.1) is 41.6 Å². The van der Waals surface area contributed by atoms with Crippen LogP contribution in [0.15, 0.2) is 36.4 Å². The third kappa shape index (κ3) is 6.51. The number of benzene rings is 2. The third-order valence-corrected chi connectivity index (χ3v) is 9.18. The molecule has 1 aliphatic heterocycles. The molecule has 3 aromatic rings. The molecule has 1 fully saturated rings. The van der Waals surface area contributed by atoms with Gasteiger partial charge in [0.25, 0.3) is 5.91 Å². The summed E-state index contributed by atoms with van der Waals surface area (Å²) in [6.07, 6.45) is -1.70. The quantitative estimate of drug-likeness (QED) is 0.307. The first-order valence-electron chi connectivity index (χ1n) is 13.1. The monoisotopic (exact) mass is 610 g/mol. The average molecular weight is 611 g/mol. The van der Waals surface area contributed by atoms with E-state index in [-0.39, 0.29) is 66.1 Å². The van der Waals surface area contributed by atoms with Gasteiger partial charge in [-0.05, 0) is 50.1 Å². The smallest absolute Gasteiger partial charge is 0.361 e. The van der Waals surface area contributed by atoms with Crippen molar-refractivity contribution in [2.75, 3.05) is 19.8 Å². The van der Waals surface area contributed by atoms with Crippen molar-refractivity contribution in [1.82, 2.24) is 14.7 Å². The summed E-state index contributed by atoms with van der Waals surface area (Å²) in [4.78, 5) is 39.7. The second-order valence-corrected chi connectivity index (χ2v) is 11.9.